The molecule has 0 amide bonds. The van der Waals surface area contributed by atoms with Crippen molar-refractivity contribution in [3.05, 3.63) is 41.3 Å². The first kappa shape index (κ1) is 15.3. The molecule has 0 aromatic heterocycles. The number of rotatable bonds is 5. The van der Waals surface area contributed by atoms with E-state index in [-0.39, 0.29) is 12.1 Å². The molecular weight excluding hydrogens is 270 g/mol. The SMILES string of the molecule is CC(C)N(C1CCCC1)S(=O)(=O)/C=C/c1ccccc1. The summed E-state index contributed by atoms with van der Waals surface area (Å²) in [4.78, 5) is 0. The molecule has 3 nitrogen and oxygen atoms in total. The van der Waals surface area contributed by atoms with Gasteiger partial charge in [0.05, 0.1) is 0 Å². The fraction of sp³-hybridized carbons (Fsp3) is 0.500. The van der Waals surface area contributed by atoms with Gasteiger partial charge in [-0.05, 0) is 38.3 Å². The molecule has 4 heteroatoms. The molecule has 1 fully saturated rings. The molecule has 0 heterocycles. The Morgan fingerprint density at radius 1 is 1.15 bits per heavy atom. The molecule has 1 aliphatic carbocycles. The van der Waals surface area contributed by atoms with Gasteiger partial charge in [0.1, 0.15) is 0 Å². The first-order chi connectivity index (χ1) is 9.50. The van der Waals surface area contributed by atoms with Crippen LogP contribution in [-0.2, 0) is 10.0 Å². The van der Waals surface area contributed by atoms with E-state index in [1.807, 2.05) is 44.2 Å². The third-order valence-electron chi connectivity index (χ3n) is 3.72. The summed E-state index contributed by atoms with van der Waals surface area (Å²) in [5, 5.41) is 1.35. The molecular formula is C16H23NO2S. The van der Waals surface area contributed by atoms with Crippen LogP contribution in [0.2, 0.25) is 0 Å². The maximum atomic E-state index is 12.6. The highest BCUT2D eigenvalue weighted by molar-refractivity contribution is 7.92. The van der Waals surface area contributed by atoms with Crippen LogP contribution in [0.1, 0.15) is 45.1 Å². The van der Waals surface area contributed by atoms with Gasteiger partial charge < -0.3 is 0 Å². The van der Waals surface area contributed by atoms with Crippen LogP contribution >= 0.6 is 0 Å². The highest BCUT2D eigenvalue weighted by Gasteiger charge is 2.32. The van der Waals surface area contributed by atoms with E-state index >= 15 is 0 Å². The lowest BCUT2D eigenvalue weighted by Gasteiger charge is -2.30. The van der Waals surface area contributed by atoms with Crippen LogP contribution < -0.4 is 0 Å². The van der Waals surface area contributed by atoms with Crippen molar-refractivity contribution in [2.24, 2.45) is 0 Å². The van der Waals surface area contributed by atoms with E-state index in [0.29, 0.717) is 0 Å². The largest absolute Gasteiger partial charge is 0.236 e. The molecule has 1 aliphatic rings. The zero-order valence-electron chi connectivity index (χ0n) is 12.2. The van der Waals surface area contributed by atoms with E-state index in [2.05, 4.69) is 0 Å². The Bertz CT molecular complexity index is 543. The fourth-order valence-electron chi connectivity index (χ4n) is 2.88. The molecule has 1 saturated carbocycles. The fourth-order valence-corrected chi connectivity index (χ4v) is 4.56. The summed E-state index contributed by atoms with van der Waals surface area (Å²) in [5.41, 5.74) is 0.909. The predicted molar refractivity (Wildman–Crippen MR) is 83.6 cm³/mol. The zero-order valence-corrected chi connectivity index (χ0v) is 13.0. The smallest absolute Gasteiger partial charge is 0.207 e. The molecule has 2 rings (SSSR count). The maximum absolute atomic E-state index is 12.6. The summed E-state index contributed by atoms with van der Waals surface area (Å²) < 4.78 is 26.8. The van der Waals surface area contributed by atoms with Gasteiger partial charge in [-0.3, -0.25) is 0 Å². The first-order valence-corrected chi connectivity index (χ1v) is 8.78. The van der Waals surface area contributed by atoms with Crippen molar-refractivity contribution >= 4 is 16.1 Å². The molecule has 1 aromatic carbocycles. The first-order valence-electron chi connectivity index (χ1n) is 7.27. The van der Waals surface area contributed by atoms with Crippen LogP contribution in [0.15, 0.2) is 35.7 Å². The molecule has 0 saturated heterocycles. The monoisotopic (exact) mass is 293 g/mol. The second kappa shape index (κ2) is 6.55. The molecule has 0 unspecified atom stereocenters. The predicted octanol–water partition coefficient (Wildman–Crippen LogP) is 3.64. The van der Waals surface area contributed by atoms with E-state index in [4.69, 9.17) is 0 Å². The van der Waals surface area contributed by atoms with Crippen molar-refractivity contribution in [1.82, 2.24) is 4.31 Å². The number of hydrogen-bond donors (Lipinski definition) is 0. The summed E-state index contributed by atoms with van der Waals surface area (Å²) >= 11 is 0. The molecule has 0 atom stereocenters. The molecule has 20 heavy (non-hydrogen) atoms. The Morgan fingerprint density at radius 2 is 1.75 bits per heavy atom. The van der Waals surface area contributed by atoms with Gasteiger partial charge in [0.25, 0.3) is 0 Å². The highest BCUT2D eigenvalue weighted by atomic mass is 32.2. The van der Waals surface area contributed by atoms with Crippen molar-refractivity contribution in [3.8, 4) is 0 Å². The lowest BCUT2D eigenvalue weighted by molar-refractivity contribution is 0.279. The minimum atomic E-state index is -3.35. The standard InChI is InChI=1S/C16H23NO2S/c1-14(2)17(16-10-6-7-11-16)20(18,19)13-12-15-8-4-3-5-9-15/h3-5,8-9,12-14,16H,6-7,10-11H2,1-2H3/b13-12+. The van der Waals surface area contributed by atoms with Crippen molar-refractivity contribution in [2.45, 2.75) is 51.6 Å². The van der Waals surface area contributed by atoms with E-state index in [1.165, 1.54) is 5.41 Å². The van der Waals surface area contributed by atoms with E-state index < -0.39 is 10.0 Å². The number of sulfonamides is 1. The number of nitrogens with zero attached hydrogens (tertiary/aromatic N) is 1. The van der Waals surface area contributed by atoms with Crippen molar-refractivity contribution in [3.63, 3.8) is 0 Å². The van der Waals surface area contributed by atoms with Gasteiger partial charge in [0, 0.05) is 17.5 Å². The molecule has 0 bridgehead atoms. The Labute approximate surface area is 122 Å². The third kappa shape index (κ3) is 3.70. The van der Waals surface area contributed by atoms with Crippen molar-refractivity contribution in [1.29, 1.82) is 0 Å². The van der Waals surface area contributed by atoms with Crippen LogP contribution in [-0.4, -0.2) is 24.8 Å². The Hall–Kier alpha value is -1.13. The van der Waals surface area contributed by atoms with E-state index in [0.717, 1.165) is 31.2 Å². The molecule has 0 spiro atoms. The molecule has 1 aromatic rings. The minimum absolute atomic E-state index is 0.00326. The van der Waals surface area contributed by atoms with Gasteiger partial charge in [0.2, 0.25) is 10.0 Å². The third-order valence-corrected chi connectivity index (χ3v) is 5.51. The molecule has 0 radical (unpaired) electrons. The zero-order chi connectivity index (χ0) is 14.6. The summed E-state index contributed by atoms with van der Waals surface area (Å²) in [5.74, 6) is 0. The van der Waals surface area contributed by atoms with E-state index in [1.54, 1.807) is 10.4 Å². The van der Waals surface area contributed by atoms with Gasteiger partial charge in [-0.15, -0.1) is 0 Å². The van der Waals surface area contributed by atoms with E-state index in [9.17, 15) is 8.42 Å². The number of benzene rings is 1. The Kier molecular flexibility index (Phi) is 5.00. The second-order valence-corrected chi connectivity index (χ2v) is 7.34. The number of hydrogen-bond acceptors (Lipinski definition) is 2. The van der Waals surface area contributed by atoms with Gasteiger partial charge >= 0.3 is 0 Å². The van der Waals surface area contributed by atoms with Gasteiger partial charge in [-0.2, -0.15) is 4.31 Å². The molecule has 0 aliphatic heterocycles. The Morgan fingerprint density at radius 3 is 2.30 bits per heavy atom. The molecule has 0 N–H and O–H groups in total. The van der Waals surface area contributed by atoms with Crippen LogP contribution in [0.3, 0.4) is 0 Å². The summed E-state index contributed by atoms with van der Waals surface area (Å²) in [6, 6.07) is 9.71. The maximum Gasteiger partial charge on any atom is 0.236 e. The summed E-state index contributed by atoms with van der Waals surface area (Å²) in [7, 11) is -3.35. The van der Waals surface area contributed by atoms with Crippen LogP contribution in [0.4, 0.5) is 0 Å². The van der Waals surface area contributed by atoms with Crippen LogP contribution in [0.25, 0.3) is 6.08 Å². The normalized spacial score (nSPS) is 17.6. The quantitative estimate of drug-likeness (QED) is 0.831. The highest BCUT2D eigenvalue weighted by Crippen LogP contribution is 2.28. The van der Waals surface area contributed by atoms with Crippen molar-refractivity contribution in [2.75, 3.05) is 0 Å². The topological polar surface area (TPSA) is 37.4 Å². The lowest BCUT2D eigenvalue weighted by Crippen LogP contribution is -2.42. The van der Waals surface area contributed by atoms with Crippen molar-refractivity contribution < 1.29 is 8.42 Å². The summed E-state index contributed by atoms with van der Waals surface area (Å²) in [6.07, 6.45) is 5.91. The van der Waals surface area contributed by atoms with Gasteiger partial charge in [-0.1, -0.05) is 43.2 Å². The van der Waals surface area contributed by atoms with Gasteiger partial charge in [-0.25, -0.2) is 8.42 Å². The lowest BCUT2D eigenvalue weighted by atomic mass is 10.2. The molecule has 110 valence electrons. The second-order valence-electron chi connectivity index (χ2n) is 5.62. The van der Waals surface area contributed by atoms with Crippen LogP contribution in [0, 0.1) is 0 Å². The average molecular weight is 293 g/mol. The Balaban J connectivity index is 2.20. The minimum Gasteiger partial charge on any atom is -0.207 e. The van der Waals surface area contributed by atoms with Crippen LogP contribution in [0.5, 0.6) is 0 Å². The van der Waals surface area contributed by atoms with Gasteiger partial charge in [0.15, 0.2) is 0 Å². The summed E-state index contributed by atoms with van der Waals surface area (Å²) in [6.45, 7) is 3.90. The average Bonchev–Trinajstić information content (AvgIpc) is 2.90.